The van der Waals surface area contributed by atoms with Gasteiger partial charge >= 0.3 is 39.5 Å². The molecule has 0 aromatic rings. The van der Waals surface area contributed by atoms with E-state index in [0.717, 1.165) is 121 Å². The number of aliphatic hydroxyl groups is 1. The minimum Gasteiger partial charge on any atom is -0.462 e. The van der Waals surface area contributed by atoms with Crippen LogP contribution in [0.15, 0.2) is 24.3 Å². The van der Waals surface area contributed by atoms with Crippen molar-refractivity contribution in [1.29, 1.82) is 0 Å². The molecule has 0 fully saturated rings. The number of unbranched alkanes of at least 4 members (excludes halogenated alkanes) is 31. The Bertz CT molecular complexity index is 1800. The van der Waals surface area contributed by atoms with Crippen molar-refractivity contribution in [2.45, 2.75) is 336 Å². The van der Waals surface area contributed by atoms with Crippen molar-refractivity contribution in [3.63, 3.8) is 0 Å². The summed E-state index contributed by atoms with van der Waals surface area (Å²) in [7, 11) is -9.90. The minimum atomic E-state index is -4.96. The van der Waals surface area contributed by atoms with Crippen LogP contribution in [-0.4, -0.2) is 96.7 Å². The third kappa shape index (κ3) is 60.9. The molecule has 0 rings (SSSR count). The number of rotatable bonds is 65. The summed E-state index contributed by atoms with van der Waals surface area (Å²) in [5.41, 5.74) is 0. The van der Waals surface area contributed by atoms with E-state index in [1.165, 1.54) is 116 Å². The van der Waals surface area contributed by atoms with Gasteiger partial charge in [-0.1, -0.05) is 265 Å². The van der Waals surface area contributed by atoms with E-state index < -0.39 is 97.5 Å². The zero-order valence-corrected chi connectivity index (χ0v) is 57.6. The Hall–Kier alpha value is -2.46. The van der Waals surface area contributed by atoms with E-state index in [9.17, 15) is 43.2 Å². The predicted molar refractivity (Wildman–Crippen MR) is 349 cm³/mol. The topological polar surface area (TPSA) is 237 Å². The van der Waals surface area contributed by atoms with E-state index >= 15 is 0 Å². The lowest BCUT2D eigenvalue weighted by molar-refractivity contribution is -0.161. The number of aliphatic hydroxyl groups excluding tert-OH is 1. The normalized spacial score (nSPS) is 14.7. The predicted octanol–water partition coefficient (Wildman–Crippen LogP) is 18.8. The molecule has 0 aromatic carbocycles. The van der Waals surface area contributed by atoms with Crippen LogP contribution in [-0.2, 0) is 65.4 Å². The molecule has 512 valence electrons. The van der Waals surface area contributed by atoms with Gasteiger partial charge in [0.15, 0.2) is 12.2 Å². The molecule has 0 aromatic heterocycles. The fraction of sp³-hybridized carbons (Fsp3) is 0.882. The Balaban J connectivity index is 5.22. The number of carbonyl (C=O) groups is 4. The summed E-state index contributed by atoms with van der Waals surface area (Å²) in [6.07, 6.45) is 46.9. The number of hydrogen-bond donors (Lipinski definition) is 3. The number of hydrogen-bond acceptors (Lipinski definition) is 15. The van der Waals surface area contributed by atoms with Gasteiger partial charge in [0.25, 0.3) is 0 Å². The van der Waals surface area contributed by atoms with Crippen molar-refractivity contribution in [1.82, 2.24) is 0 Å². The molecule has 0 saturated carbocycles. The number of phosphoric acid groups is 2. The molecule has 0 aliphatic carbocycles. The molecule has 3 N–H and O–H groups in total. The molecule has 0 bridgehead atoms. The Labute approximate surface area is 529 Å². The summed E-state index contributed by atoms with van der Waals surface area (Å²) in [4.78, 5) is 72.2. The van der Waals surface area contributed by atoms with Gasteiger partial charge < -0.3 is 33.8 Å². The second kappa shape index (κ2) is 59.8. The van der Waals surface area contributed by atoms with Crippen LogP contribution in [0.3, 0.4) is 0 Å². The van der Waals surface area contributed by atoms with Gasteiger partial charge in [0.1, 0.15) is 19.3 Å². The average molecular weight is 1280 g/mol. The minimum absolute atomic E-state index is 0.0847. The summed E-state index contributed by atoms with van der Waals surface area (Å²) >= 11 is 0. The van der Waals surface area contributed by atoms with Gasteiger partial charge in [-0.3, -0.25) is 37.3 Å². The van der Waals surface area contributed by atoms with E-state index in [0.29, 0.717) is 25.7 Å². The lowest BCUT2D eigenvalue weighted by Crippen LogP contribution is -2.30. The van der Waals surface area contributed by atoms with E-state index in [1.54, 1.807) is 0 Å². The average Bonchev–Trinajstić information content (AvgIpc) is 3.70. The standard InChI is InChI=1S/C68H128O17P2/c1-7-10-12-14-15-16-17-18-19-20-25-28-34-40-46-52-67(72)85-64(57-79-66(71)51-45-39-33-27-24-22-21-23-26-31-37-42-48-60(4)5)59-83-87(76,77)81-55-62(69)54-80-86(74,75)82-58-63(56-78-65(70)50-44-36-13-11-8-2)84-68(73)53-47-41-35-30-29-32-38-43-49-61(6)9-3/h16-19,60-64,69H,7-15,20-59H2,1-6H3,(H,74,75)(H,76,77)/b17-16-,19-18-/t61?,62-,63+,64+/m0/s1. The van der Waals surface area contributed by atoms with Gasteiger partial charge in [0.05, 0.1) is 26.4 Å². The van der Waals surface area contributed by atoms with Crippen molar-refractivity contribution >= 4 is 39.5 Å². The van der Waals surface area contributed by atoms with Gasteiger partial charge in [-0.25, -0.2) is 9.13 Å². The molecule has 0 radical (unpaired) electrons. The third-order valence-corrected chi connectivity index (χ3v) is 17.3. The van der Waals surface area contributed by atoms with Crippen molar-refractivity contribution in [2.24, 2.45) is 11.8 Å². The summed E-state index contributed by atoms with van der Waals surface area (Å²) in [5.74, 6) is -0.622. The van der Waals surface area contributed by atoms with Crippen LogP contribution in [0.5, 0.6) is 0 Å². The van der Waals surface area contributed by atoms with E-state index in [2.05, 4.69) is 65.8 Å². The van der Waals surface area contributed by atoms with Gasteiger partial charge in [-0.05, 0) is 63.2 Å². The Morgan fingerprint density at radius 1 is 0.379 bits per heavy atom. The lowest BCUT2D eigenvalue weighted by atomic mass is 9.99. The van der Waals surface area contributed by atoms with Crippen molar-refractivity contribution in [3.8, 4) is 0 Å². The molecule has 0 aliphatic rings. The SMILES string of the molecule is CCCCCC/C=C\C=C/CCCCCCCC(=O)O[C@H](COC(=O)CCCCCCCCCCCCCCC(C)C)COP(=O)(O)OC[C@@H](O)COP(=O)(O)OC[C@@H](COC(=O)CCCCCCC)OC(=O)CCCCCCCCCCC(C)CC. The zero-order valence-electron chi connectivity index (χ0n) is 55.8. The van der Waals surface area contributed by atoms with Crippen LogP contribution >= 0.6 is 15.6 Å². The Morgan fingerprint density at radius 3 is 1.03 bits per heavy atom. The van der Waals surface area contributed by atoms with Crippen LogP contribution in [0, 0.1) is 11.8 Å². The van der Waals surface area contributed by atoms with Gasteiger partial charge in [0.2, 0.25) is 0 Å². The fourth-order valence-corrected chi connectivity index (χ4v) is 11.2. The van der Waals surface area contributed by atoms with Gasteiger partial charge in [-0.2, -0.15) is 0 Å². The first kappa shape index (κ1) is 84.5. The van der Waals surface area contributed by atoms with Gasteiger partial charge in [-0.15, -0.1) is 0 Å². The molecule has 3 unspecified atom stereocenters. The highest BCUT2D eigenvalue weighted by Gasteiger charge is 2.30. The van der Waals surface area contributed by atoms with Crippen LogP contribution in [0.2, 0.25) is 0 Å². The summed E-state index contributed by atoms with van der Waals surface area (Å²) in [6, 6.07) is 0. The Kier molecular flexibility index (Phi) is 58.1. The maximum atomic E-state index is 13.0. The number of ether oxygens (including phenoxy) is 4. The maximum Gasteiger partial charge on any atom is 0.472 e. The van der Waals surface area contributed by atoms with Crippen LogP contribution in [0.1, 0.15) is 318 Å². The molecule has 0 heterocycles. The van der Waals surface area contributed by atoms with E-state index in [1.807, 2.05) is 0 Å². The van der Waals surface area contributed by atoms with Crippen LogP contribution < -0.4 is 0 Å². The Morgan fingerprint density at radius 2 is 0.678 bits per heavy atom. The van der Waals surface area contributed by atoms with Gasteiger partial charge in [0, 0.05) is 25.7 Å². The number of esters is 4. The second-order valence-electron chi connectivity index (χ2n) is 24.6. The largest absolute Gasteiger partial charge is 0.472 e. The highest BCUT2D eigenvalue weighted by molar-refractivity contribution is 7.47. The third-order valence-electron chi connectivity index (χ3n) is 15.4. The number of allylic oxidation sites excluding steroid dienone is 4. The zero-order chi connectivity index (χ0) is 64.3. The fourth-order valence-electron chi connectivity index (χ4n) is 9.67. The first-order valence-corrected chi connectivity index (χ1v) is 37.8. The smallest absolute Gasteiger partial charge is 0.462 e. The summed E-state index contributed by atoms with van der Waals surface area (Å²) in [6.45, 7) is 9.38. The van der Waals surface area contributed by atoms with Crippen LogP contribution in [0.25, 0.3) is 0 Å². The molecule has 6 atom stereocenters. The van der Waals surface area contributed by atoms with E-state index in [-0.39, 0.29) is 25.7 Å². The molecule has 0 amide bonds. The number of phosphoric ester groups is 2. The molecule has 17 nitrogen and oxygen atoms in total. The maximum absolute atomic E-state index is 13.0. The number of carbonyl (C=O) groups excluding carboxylic acids is 4. The lowest BCUT2D eigenvalue weighted by Gasteiger charge is -2.21. The van der Waals surface area contributed by atoms with E-state index in [4.69, 9.17) is 37.0 Å². The molecular formula is C68H128O17P2. The van der Waals surface area contributed by atoms with Crippen molar-refractivity contribution < 1.29 is 80.2 Å². The second-order valence-corrected chi connectivity index (χ2v) is 27.5. The van der Waals surface area contributed by atoms with Crippen LogP contribution in [0.4, 0.5) is 0 Å². The monoisotopic (exact) mass is 1280 g/mol. The molecule has 0 aliphatic heterocycles. The van der Waals surface area contributed by atoms with Crippen molar-refractivity contribution in [2.75, 3.05) is 39.6 Å². The molecule has 0 saturated heterocycles. The van der Waals surface area contributed by atoms with Crippen molar-refractivity contribution in [3.05, 3.63) is 24.3 Å². The highest BCUT2D eigenvalue weighted by atomic mass is 31.2. The highest BCUT2D eigenvalue weighted by Crippen LogP contribution is 2.45. The molecule has 87 heavy (non-hydrogen) atoms. The first-order valence-electron chi connectivity index (χ1n) is 34.8. The summed E-state index contributed by atoms with van der Waals surface area (Å²) in [5, 5.41) is 10.5. The quantitative estimate of drug-likeness (QED) is 0.0169. The first-order chi connectivity index (χ1) is 41.9. The molecule has 19 heteroatoms. The molecular weight excluding hydrogens is 1150 g/mol. The summed E-state index contributed by atoms with van der Waals surface area (Å²) < 4.78 is 67.9. The molecule has 0 spiro atoms.